The number of benzene rings is 1. The Morgan fingerprint density at radius 2 is 1.86 bits per heavy atom. The maximum atomic E-state index is 9.70. The van der Waals surface area contributed by atoms with Gasteiger partial charge in [0.2, 0.25) is 0 Å². The second-order valence-corrected chi connectivity index (χ2v) is 3.36. The molecule has 0 heterocycles. The Hall–Kier alpha value is -1.28. The summed E-state index contributed by atoms with van der Waals surface area (Å²) in [6.45, 7) is 7.49. The van der Waals surface area contributed by atoms with Gasteiger partial charge in [-0.25, -0.2) is 0 Å². The average molecular weight is 192 g/mol. The molecule has 1 aromatic carbocycles. The molecule has 1 rings (SSSR count). The zero-order chi connectivity index (χ0) is 10.7. The topological polar surface area (TPSA) is 29.5 Å². The Morgan fingerprint density at radius 1 is 1.36 bits per heavy atom. The van der Waals surface area contributed by atoms with Crippen LogP contribution in [0.5, 0.6) is 5.75 Å². The molecular formula is C12H16O2. The normalized spacial score (nSPS) is 12.3. The van der Waals surface area contributed by atoms with Gasteiger partial charge in [-0.1, -0.05) is 6.08 Å². The van der Waals surface area contributed by atoms with Gasteiger partial charge >= 0.3 is 0 Å². The van der Waals surface area contributed by atoms with Gasteiger partial charge in [0.1, 0.15) is 5.75 Å². The monoisotopic (exact) mass is 192 g/mol. The van der Waals surface area contributed by atoms with E-state index in [-0.39, 0.29) is 0 Å². The molecule has 1 aromatic rings. The first-order valence-corrected chi connectivity index (χ1v) is 4.56. The van der Waals surface area contributed by atoms with Crippen LogP contribution < -0.4 is 4.74 Å². The summed E-state index contributed by atoms with van der Waals surface area (Å²) in [5.41, 5.74) is 2.96. The smallest absolute Gasteiger partial charge is 0.119 e. The maximum Gasteiger partial charge on any atom is 0.119 e. The van der Waals surface area contributed by atoms with E-state index in [0.717, 1.165) is 22.4 Å². The number of aliphatic hydroxyl groups is 1. The van der Waals surface area contributed by atoms with Crippen molar-refractivity contribution in [1.82, 2.24) is 0 Å². The molecule has 0 amide bonds. The lowest BCUT2D eigenvalue weighted by Crippen LogP contribution is -2.00. The summed E-state index contributed by atoms with van der Waals surface area (Å²) in [4.78, 5) is 0. The largest absolute Gasteiger partial charge is 0.497 e. The van der Waals surface area contributed by atoms with Gasteiger partial charge in [-0.05, 0) is 42.7 Å². The van der Waals surface area contributed by atoms with Gasteiger partial charge in [0.25, 0.3) is 0 Å². The van der Waals surface area contributed by atoms with Crippen molar-refractivity contribution in [2.75, 3.05) is 7.11 Å². The van der Waals surface area contributed by atoms with Crippen LogP contribution in [-0.4, -0.2) is 12.2 Å². The quantitative estimate of drug-likeness (QED) is 0.746. The molecular weight excluding hydrogens is 176 g/mol. The Balaban J connectivity index is 3.24. The fraction of sp³-hybridized carbons (Fsp3) is 0.333. The van der Waals surface area contributed by atoms with Gasteiger partial charge in [-0.15, -0.1) is 6.58 Å². The summed E-state index contributed by atoms with van der Waals surface area (Å²) in [6.07, 6.45) is 0.933. The number of aryl methyl sites for hydroxylation is 2. The predicted octanol–water partition coefficient (Wildman–Crippen LogP) is 2.53. The Morgan fingerprint density at radius 3 is 2.21 bits per heavy atom. The van der Waals surface area contributed by atoms with E-state index in [1.54, 1.807) is 7.11 Å². The molecule has 1 atom stereocenters. The molecule has 2 nitrogen and oxygen atoms in total. The van der Waals surface area contributed by atoms with Crippen molar-refractivity contribution >= 4 is 0 Å². The van der Waals surface area contributed by atoms with Crippen molar-refractivity contribution < 1.29 is 9.84 Å². The molecule has 0 aliphatic rings. The van der Waals surface area contributed by atoms with Crippen LogP contribution in [0.4, 0.5) is 0 Å². The standard InChI is InChI=1S/C12H16O2/c1-5-11(13)12-8(2)6-10(14-4)7-9(12)3/h5-7,11,13H,1H2,2-4H3. The number of aliphatic hydroxyl groups excluding tert-OH is 1. The van der Waals surface area contributed by atoms with E-state index in [4.69, 9.17) is 4.74 Å². The summed E-state index contributed by atoms with van der Waals surface area (Å²) in [5, 5.41) is 9.70. The molecule has 2 heteroatoms. The summed E-state index contributed by atoms with van der Waals surface area (Å²) in [5.74, 6) is 0.819. The fourth-order valence-corrected chi connectivity index (χ4v) is 1.64. The van der Waals surface area contributed by atoms with Crippen molar-refractivity contribution in [3.8, 4) is 5.75 Å². The molecule has 0 spiro atoms. The van der Waals surface area contributed by atoms with Crippen LogP contribution in [0.1, 0.15) is 22.8 Å². The highest BCUT2D eigenvalue weighted by Crippen LogP contribution is 2.27. The molecule has 0 aliphatic heterocycles. The van der Waals surface area contributed by atoms with Crippen molar-refractivity contribution in [2.24, 2.45) is 0 Å². The van der Waals surface area contributed by atoms with Crippen molar-refractivity contribution in [3.63, 3.8) is 0 Å². The molecule has 0 saturated heterocycles. The molecule has 0 fully saturated rings. The van der Waals surface area contributed by atoms with Crippen LogP contribution in [0.25, 0.3) is 0 Å². The molecule has 0 aliphatic carbocycles. The molecule has 0 aromatic heterocycles. The van der Waals surface area contributed by atoms with Crippen molar-refractivity contribution in [2.45, 2.75) is 20.0 Å². The number of methoxy groups -OCH3 is 1. The molecule has 1 unspecified atom stereocenters. The molecule has 76 valence electrons. The third-order valence-corrected chi connectivity index (χ3v) is 2.32. The molecule has 0 saturated carbocycles. The van der Waals surface area contributed by atoms with Crippen LogP contribution in [0.2, 0.25) is 0 Å². The van der Waals surface area contributed by atoms with E-state index in [1.165, 1.54) is 6.08 Å². The van der Waals surface area contributed by atoms with Gasteiger partial charge in [-0.3, -0.25) is 0 Å². The minimum atomic E-state index is -0.596. The highest BCUT2D eigenvalue weighted by molar-refractivity contribution is 5.43. The molecule has 14 heavy (non-hydrogen) atoms. The van der Waals surface area contributed by atoms with Crippen LogP contribution in [0.15, 0.2) is 24.8 Å². The van der Waals surface area contributed by atoms with Gasteiger partial charge in [0, 0.05) is 0 Å². The number of ether oxygens (including phenoxy) is 1. The number of hydrogen-bond acceptors (Lipinski definition) is 2. The van der Waals surface area contributed by atoms with Crippen LogP contribution in [-0.2, 0) is 0 Å². The van der Waals surface area contributed by atoms with Crippen molar-refractivity contribution in [3.05, 3.63) is 41.5 Å². The fourth-order valence-electron chi connectivity index (χ4n) is 1.64. The van der Waals surface area contributed by atoms with E-state index < -0.39 is 6.10 Å². The van der Waals surface area contributed by atoms with E-state index in [1.807, 2.05) is 26.0 Å². The Labute approximate surface area is 84.8 Å². The van der Waals surface area contributed by atoms with E-state index in [0.29, 0.717) is 0 Å². The highest BCUT2D eigenvalue weighted by Gasteiger charge is 2.11. The van der Waals surface area contributed by atoms with Gasteiger partial charge in [0.05, 0.1) is 13.2 Å². The second kappa shape index (κ2) is 4.29. The first-order valence-electron chi connectivity index (χ1n) is 4.56. The van der Waals surface area contributed by atoms with E-state index in [9.17, 15) is 5.11 Å². The van der Waals surface area contributed by atoms with Gasteiger partial charge < -0.3 is 9.84 Å². The minimum Gasteiger partial charge on any atom is -0.497 e. The number of rotatable bonds is 3. The van der Waals surface area contributed by atoms with Gasteiger partial charge in [-0.2, -0.15) is 0 Å². The lowest BCUT2D eigenvalue weighted by atomic mass is 9.97. The lowest BCUT2D eigenvalue weighted by molar-refractivity contribution is 0.227. The predicted molar refractivity (Wildman–Crippen MR) is 57.6 cm³/mol. The summed E-state index contributed by atoms with van der Waals surface area (Å²) < 4.78 is 5.14. The molecule has 1 N–H and O–H groups in total. The lowest BCUT2D eigenvalue weighted by Gasteiger charge is -2.14. The summed E-state index contributed by atoms with van der Waals surface area (Å²) in [7, 11) is 1.64. The first-order chi connectivity index (χ1) is 6.60. The first kappa shape index (κ1) is 10.8. The van der Waals surface area contributed by atoms with Crippen LogP contribution >= 0.6 is 0 Å². The average Bonchev–Trinajstić information content (AvgIpc) is 2.16. The highest BCUT2D eigenvalue weighted by atomic mass is 16.5. The Bertz CT molecular complexity index is 319. The van der Waals surface area contributed by atoms with Gasteiger partial charge in [0.15, 0.2) is 0 Å². The second-order valence-electron chi connectivity index (χ2n) is 3.36. The van der Waals surface area contributed by atoms with Crippen molar-refractivity contribution in [1.29, 1.82) is 0 Å². The van der Waals surface area contributed by atoms with Crippen LogP contribution in [0.3, 0.4) is 0 Å². The third kappa shape index (κ3) is 1.96. The number of hydrogen-bond donors (Lipinski definition) is 1. The van der Waals surface area contributed by atoms with E-state index in [2.05, 4.69) is 6.58 Å². The minimum absolute atomic E-state index is 0.596. The zero-order valence-electron chi connectivity index (χ0n) is 8.87. The molecule has 0 bridgehead atoms. The third-order valence-electron chi connectivity index (χ3n) is 2.32. The summed E-state index contributed by atoms with van der Waals surface area (Å²) >= 11 is 0. The Kier molecular flexibility index (Phi) is 3.31. The zero-order valence-corrected chi connectivity index (χ0v) is 8.87. The van der Waals surface area contributed by atoms with Crippen LogP contribution in [0, 0.1) is 13.8 Å². The van der Waals surface area contributed by atoms with E-state index >= 15 is 0 Å². The maximum absolute atomic E-state index is 9.70. The SMILES string of the molecule is C=CC(O)c1c(C)cc(OC)cc1C. The molecule has 0 radical (unpaired) electrons. The summed E-state index contributed by atoms with van der Waals surface area (Å²) in [6, 6.07) is 3.82.